The van der Waals surface area contributed by atoms with E-state index in [4.69, 9.17) is 21.1 Å². The van der Waals surface area contributed by atoms with Gasteiger partial charge in [-0.2, -0.15) is 0 Å². The minimum atomic E-state index is -0.491. The molecule has 2 aliphatic heterocycles. The minimum absolute atomic E-state index is 0.0423. The third-order valence-electron chi connectivity index (χ3n) is 7.24. The highest BCUT2D eigenvalue weighted by Gasteiger charge is 2.31. The summed E-state index contributed by atoms with van der Waals surface area (Å²) in [5.74, 6) is 0.639. The third-order valence-corrected chi connectivity index (χ3v) is 7.47. The zero-order valence-corrected chi connectivity index (χ0v) is 22.9. The molecule has 0 aliphatic carbocycles. The molecule has 0 bridgehead atoms. The Kier molecular flexibility index (Phi) is 12.8. The molecule has 2 aliphatic rings. The number of likely N-dealkylation sites (tertiary alicyclic amines) is 1. The first-order valence-corrected chi connectivity index (χ1v) is 13.8. The van der Waals surface area contributed by atoms with Crippen LogP contribution in [-0.2, 0) is 14.2 Å². The molecule has 37 heavy (non-hydrogen) atoms. The van der Waals surface area contributed by atoms with Gasteiger partial charge in [0.25, 0.3) is 0 Å². The van der Waals surface area contributed by atoms with E-state index in [9.17, 15) is 9.59 Å². The molecule has 0 spiro atoms. The SMILES string of the molecule is CN[C@H](CNC(=O)N1CCC[C@@H]([C@@H](OCCNC(=O)OC)c2cccc(Cl)c2)C1)C[C@H]1CCCCOC1. The summed E-state index contributed by atoms with van der Waals surface area (Å²) >= 11 is 6.27. The smallest absolute Gasteiger partial charge is 0.406 e. The van der Waals surface area contributed by atoms with Crippen LogP contribution in [0.4, 0.5) is 9.59 Å². The molecule has 1 aromatic rings. The zero-order valence-electron chi connectivity index (χ0n) is 22.2. The predicted molar refractivity (Wildman–Crippen MR) is 144 cm³/mol. The van der Waals surface area contributed by atoms with Gasteiger partial charge in [-0.15, -0.1) is 0 Å². The first-order chi connectivity index (χ1) is 18.0. The van der Waals surface area contributed by atoms with Crippen LogP contribution in [0.2, 0.25) is 5.02 Å². The fourth-order valence-electron chi connectivity index (χ4n) is 5.23. The lowest BCUT2D eigenvalue weighted by Gasteiger charge is -2.37. The number of alkyl carbamates (subject to hydrolysis) is 1. The van der Waals surface area contributed by atoms with Crippen molar-refractivity contribution in [3.63, 3.8) is 0 Å². The lowest BCUT2D eigenvalue weighted by molar-refractivity contribution is -0.00850. The van der Waals surface area contributed by atoms with Crippen molar-refractivity contribution in [3.8, 4) is 0 Å². The number of piperidine rings is 1. The molecule has 0 saturated carbocycles. The van der Waals surface area contributed by atoms with Crippen molar-refractivity contribution in [2.45, 2.75) is 50.7 Å². The summed E-state index contributed by atoms with van der Waals surface area (Å²) in [5, 5.41) is 9.80. The van der Waals surface area contributed by atoms with Crippen LogP contribution < -0.4 is 16.0 Å². The monoisotopic (exact) mass is 538 g/mol. The molecule has 3 rings (SSSR count). The average molecular weight is 539 g/mol. The Morgan fingerprint density at radius 2 is 2.08 bits per heavy atom. The first kappa shape index (κ1) is 29.5. The number of carbonyl (C=O) groups excluding carboxylic acids is 2. The van der Waals surface area contributed by atoms with Crippen molar-refractivity contribution < 1.29 is 23.8 Å². The lowest BCUT2D eigenvalue weighted by Crippen LogP contribution is -2.50. The topological polar surface area (TPSA) is 101 Å². The van der Waals surface area contributed by atoms with Gasteiger partial charge in [0.1, 0.15) is 0 Å². The number of urea groups is 1. The Morgan fingerprint density at radius 3 is 2.86 bits per heavy atom. The van der Waals surface area contributed by atoms with E-state index >= 15 is 0 Å². The predicted octanol–water partition coefficient (Wildman–Crippen LogP) is 3.97. The highest BCUT2D eigenvalue weighted by atomic mass is 35.5. The summed E-state index contributed by atoms with van der Waals surface area (Å²) in [7, 11) is 3.28. The second-order valence-corrected chi connectivity index (χ2v) is 10.4. The number of ether oxygens (including phenoxy) is 3. The number of methoxy groups -OCH3 is 1. The number of hydrogen-bond acceptors (Lipinski definition) is 6. The van der Waals surface area contributed by atoms with E-state index in [0.717, 1.165) is 51.0 Å². The number of amides is 3. The summed E-state index contributed by atoms with van der Waals surface area (Å²) < 4.78 is 16.6. The number of halogens is 1. The van der Waals surface area contributed by atoms with Crippen LogP contribution in [0, 0.1) is 11.8 Å². The summed E-state index contributed by atoms with van der Waals surface area (Å²) in [6, 6.07) is 7.82. The van der Waals surface area contributed by atoms with Gasteiger partial charge < -0.3 is 35.1 Å². The maximum Gasteiger partial charge on any atom is 0.406 e. The molecule has 1 aromatic carbocycles. The number of benzene rings is 1. The van der Waals surface area contributed by atoms with E-state index in [1.54, 1.807) is 0 Å². The molecule has 2 heterocycles. The molecule has 2 fully saturated rings. The van der Waals surface area contributed by atoms with Crippen molar-refractivity contribution in [1.82, 2.24) is 20.9 Å². The quantitative estimate of drug-likeness (QED) is 0.369. The van der Waals surface area contributed by atoms with Crippen LogP contribution >= 0.6 is 11.6 Å². The molecule has 0 aromatic heterocycles. The molecule has 4 atom stereocenters. The van der Waals surface area contributed by atoms with Crippen LogP contribution in [0.25, 0.3) is 0 Å². The zero-order chi connectivity index (χ0) is 26.5. The number of carbonyl (C=O) groups is 2. The van der Waals surface area contributed by atoms with Gasteiger partial charge in [0.2, 0.25) is 0 Å². The van der Waals surface area contributed by atoms with Crippen LogP contribution in [0.5, 0.6) is 0 Å². The molecule has 0 unspecified atom stereocenters. The van der Waals surface area contributed by atoms with Crippen LogP contribution in [0.15, 0.2) is 24.3 Å². The Hall–Kier alpha value is -2.07. The molecule has 10 heteroatoms. The highest BCUT2D eigenvalue weighted by molar-refractivity contribution is 6.30. The van der Waals surface area contributed by atoms with E-state index < -0.39 is 6.09 Å². The van der Waals surface area contributed by atoms with Gasteiger partial charge in [-0.25, -0.2) is 9.59 Å². The van der Waals surface area contributed by atoms with E-state index in [0.29, 0.717) is 37.2 Å². The van der Waals surface area contributed by atoms with E-state index in [1.165, 1.54) is 20.0 Å². The van der Waals surface area contributed by atoms with Gasteiger partial charge in [-0.3, -0.25) is 0 Å². The fraction of sp³-hybridized carbons (Fsp3) is 0.704. The number of nitrogens with zero attached hydrogens (tertiary/aromatic N) is 1. The highest BCUT2D eigenvalue weighted by Crippen LogP contribution is 2.34. The normalized spacial score (nSPS) is 22.0. The minimum Gasteiger partial charge on any atom is -0.453 e. The van der Waals surface area contributed by atoms with Gasteiger partial charge in [0, 0.05) is 56.4 Å². The van der Waals surface area contributed by atoms with Crippen LogP contribution in [-0.4, -0.2) is 83.2 Å². The van der Waals surface area contributed by atoms with Crippen molar-refractivity contribution in [2.24, 2.45) is 11.8 Å². The lowest BCUT2D eigenvalue weighted by atomic mass is 9.88. The summed E-state index contributed by atoms with van der Waals surface area (Å²) in [4.78, 5) is 26.4. The van der Waals surface area contributed by atoms with Crippen molar-refractivity contribution in [2.75, 3.05) is 60.2 Å². The molecule has 3 N–H and O–H groups in total. The van der Waals surface area contributed by atoms with Crippen molar-refractivity contribution >= 4 is 23.7 Å². The van der Waals surface area contributed by atoms with Gasteiger partial charge >= 0.3 is 12.1 Å². The average Bonchev–Trinajstić information content (AvgIpc) is 3.19. The molecule has 2 saturated heterocycles. The molecule has 0 radical (unpaired) electrons. The van der Waals surface area contributed by atoms with Crippen LogP contribution in [0.3, 0.4) is 0 Å². The number of nitrogens with one attached hydrogen (secondary N) is 3. The largest absolute Gasteiger partial charge is 0.453 e. The Labute approximate surface area is 225 Å². The molecular formula is C27H43ClN4O5. The van der Waals surface area contributed by atoms with Crippen molar-refractivity contribution in [3.05, 3.63) is 34.9 Å². The summed E-state index contributed by atoms with van der Waals surface area (Å²) in [6.07, 6.45) is 5.61. The van der Waals surface area contributed by atoms with E-state index in [1.807, 2.05) is 36.2 Å². The van der Waals surface area contributed by atoms with Crippen LogP contribution in [0.1, 0.15) is 50.2 Å². The Bertz CT molecular complexity index is 837. The maximum absolute atomic E-state index is 13.1. The van der Waals surface area contributed by atoms with Gasteiger partial charge in [0.05, 0.1) is 19.8 Å². The standard InChI is InChI=1S/C27H43ClN4O5/c1-29-24(15-20-7-3-4-13-36-19-20)17-31-26(33)32-12-6-9-22(18-32)25(21-8-5-10-23(28)16-21)37-14-11-30-27(34)35-2/h5,8,10,16,20,22,24-25,29H,3-4,6-7,9,11-15,17-19H2,1-2H3,(H,30,34)(H,31,33)/t20-,22-,24+,25+/m1/s1. The van der Waals surface area contributed by atoms with E-state index in [2.05, 4.69) is 20.7 Å². The number of hydrogen-bond donors (Lipinski definition) is 3. The molecule has 3 amide bonds. The number of likely N-dealkylation sites (N-methyl/N-ethyl adjacent to an activating group) is 1. The third kappa shape index (κ3) is 9.96. The van der Waals surface area contributed by atoms with Gasteiger partial charge in [-0.05, 0) is 62.8 Å². The second-order valence-electron chi connectivity index (χ2n) is 9.96. The Balaban J connectivity index is 1.55. The molecule has 208 valence electrons. The molecular weight excluding hydrogens is 496 g/mol. The van der Waals surface area contributed by atoms with Gasteiger partial charge in [-0.1, -0.05) is 30.2 Å². The summed E-state index contributed by atoms with van der Waals surface area (Å²) in [5.41, 5.74) is 0.971. The second kappa shape index (κ2) is 16.0. The van der Waals surface area contributed by atoms with E-state index in [-0.39, 0.29) is 24.1 Å². The van der Waals surface area contributed by atoms with Gasteiger partial charge in [0.15, 0.2) is 0 Å². The molecule has 9 nitrogen and oxygen atoms in total. The Morgan fingerprint density at radius 1 is 1.22 bits per heavy atom. The number of rotatable bonds is 11. The van der Waals surface area contributed by atoms with Crippen molar-refractivity contribution in [1.29, 1.82) is 0 Å². The first-order valence-electron chi connectivity index (χ1n) is 13.5. The maximum atomic E-state index is 13.1. The fourth-order valence-corrected chi connectivity index (χ4v) is 5.42. The summed E-state index contributed by atoms with van der Waals surface area (Å²) in [6.45, 7) is 4.21.